The summed E-state index contributed by atoms with van der Waals surface area (Å²) in [5.74, 6) is 0.833. The number of hydrogen-bond donors (Lipinski definition) is 1. The van der Waals surface area contributed by atoms with Crippen LogP contribution in [0.5, 0.6) is 5.75 Å². The summed E-state index contributed by atoms with van der Waals surface area (Å²) >= 11 is 5.84. The third-order valence-electron chi connectivity index (χ3n) is 4.50. The standard InChI is InChI=1S/C19H22ClN3O2/c1-25-17-5-3-2-4-15(17)13-23-10-7-16(8-11-23)22-19(24)14-6-9-21-18(20)12-14/h2-6,9,12,16H,7-8,10-11,13H2,1H3,(H,22,24). The van der Waals surface area contributed by atoms with Crippen LogP contribution in [-0.2, 0) is 6.54 Å². The Labute approximate surface area is 153 Å². The SMILES string of the molecule is COc1ccccc1CN1CCC(NC(=O)c2ccnc(Cl)c2)CC1. The summed E-state index contributed by atoms with van der Waals surface area (Å²) in [7, 11) is 1.70. The molecule has 1 saturated heterocycles. The fourth-order valence-corrected chi connectivity index (χ4v) is 3.30. The molecule has 6 heteroatoms. The van der Waals surface area contributed by atoms with E-state index >= 15 is 0 Å². The van der Waals surface area contributed by atoms with Crippen LogP contribution in [0, 0.1) is 0 Å². The molecule has 25 heavy (non-hydrogen) atoms. The number of pyridine rings is 1. The van der Waals surface area contributed by atoms with E-state index in [1.165, 1.54) is 5.56 Å². The van der Waals surface area contributed by atoms with Crippen molar-refractivity contribution >= 4 is 17.5 Å². The van der Waals surface area contributed by atoms with Crippen LogP contribution >= 0.6 is 11.6 Å². The van der Waals surface area contributed by atoms with Crippen LogP contribution in [0.3, 0.4) is 0 Å². The summed E-state index contributed by atoms with van der Waals surface area (Å²) in [5, 5.41) is 3.43. The maximum atomic E-state index is 12.3. The van der Waals surface area contributed by atoms with Gasteiger partial charge in [-0.15, -0.1) is 0 Å². The number of halogens is 1. The molecule has 1 aromatic carbocycles. The zero-order chi connectivity index (χ0) is 17.6. The highest BCUT2D eigenvalue weighted by atomic mass is 35.5. The molecule has 0 spiro atoms. The van der Waals surface area contributed by atoms with E-state index in [2.05, 4.69) is 21.3 Å². The lowest BCUT2D eigenvalue weighted by Gasteiger charge is -2.32. The van der Waals surface area contributed by atoms with Gasteiger partial charge >= 0.3 is 0 Å². The van der Waals surface area contributed by atoms with Gasteiger partial charge in [0.15, 0.2) is 0 Å². The summed E-state index contributed by atoms with van der Waals surface area (Å²) in [4.78, 5) is 18.6. The molecule has 1 aliphatic rings. The molecule has 132 valence electrons. The Hall–Kier alpha value is -2.11. The molecule has 2 aromatic rings. The van der Waals surface area contributed by atoms with Crippen molar-refractivity contribution < 1.29 is 9.53 Å². The maximum Gasteiger partial charge on any atom is 0.251 e. The number of carbonyl (C=O) groups excluding carboxylic acids is 1. The van der Waals surface area contributed by atoms with Gasteiger partial charge in [0, 0.05) is 43.0 Å². The number of methoxy groups -OCH3 is 1. The Morgan fingerprint density at radius 3 is 2.80 bits per heavy atom. The summed E-state index contributed by atoms with van der Waals surface area (Å²) in [6.45, 7) is 2.75. The molecule has 1 N–H and O–H groups in total. The number of ether oxygens (including phenoxy) is 1. The van der Waals surface area contributed by atoms with E-state index in [0.29, 0.717) is 10.7 Å². The lowest BCUT2D eigenvalue weighted by molar-refractivity contribution is 0.0908. The second-order valence-electron chi connectivity index (χ2n) is 6.20. The van der Waals surface area contributed by atoms with Crippen LogP contribution in [-0.4, -0.2) is 42.0 Å². The average Bonchev–Trinajstić information content (AvgIpc) is 2.64. The minimum absolute atomic E-state index is 0.0903. The van der Waals surface area contributed by atoms with Crippen molar-refractivity contribution in [3.8, 4) is 5.75 Å². The smallest absolute Gasteiger partial charge is 0.251 e. The highest BCUT2D eigenvalue weighted by Crippen LogP contribution is 2.21. The van der Waals surface area contributed by atoms with Crippen molar-refractivity contribution in [2.24, 2.45) is 0 Å². The third-order valence-corrected chi connectivity index (χ3v) is 4.70. The molecular weight excluding hydrogens is 338 g/mol. The fraction of sp³-hybridized carbons (Fsp3) is 0.368. The Kier molecular flexibility index (Phi) is 5.89. The van der Waals surface area contributed by atoms with Gasteiger partial charge in [0.25, 0.3) is 5.91 Å². The Morgan fingerprint density at radius 1 is 1.32 bits per heavy atom. The van der Waals surface area contributed by atoms with Crippen molar-refractivity contribution in [2.45, 2.75) is 25.4 Å². The molecule has 5 nitrogen and oxygen atoms in total. The molecule has 1 aliphatic heterocycles. The molecule has 0 radical (unpaired) electrons. The minimum Gasteiger partial charge on any atom is -0.496 e. The van der Waals surface area contributed by atoms with Crippen LogP contribution in [0.15, 0.2) is 42.6 Å². The van der Waals surface area contributed by atoms with Crippen LogP contribution < -0.4 is 10.1 Å². The lowest BCUT2D eigenvalue weighted by Crippen LogP contribution is -2.44. The highest BCUT2D eigenvalue weighted by Gasteiger charge is 2.22. The second-order valence-corrected chi connectivity index (χ2v) is 6.59. The van der Waals surface area contributed by atoms with E-state index in [9.17, 15) is 4.79 Å². The van der Waals surface area contributed by atoms with Gasteiger partial charge in [0.05, 0.1) is 7.11 Å². The van der Waals surface area contributed by atoms with Crippen LogP contribution in [0.25, 0.3) is 0 Å². The van der Waals surface area contributed by atoms with Crippen molar-refractivity contribution in [1.82, 2.24) is 15.2 Å². The van der Waals surface area contributed by atoms with Gasteiger partial charge < -0.3 is 10.1 Å². The van der Waals surface area contributed by atoms with Gasteiger partial charge in [-0.05, 0) is 31.0 Å². The number of carbonyl (C=O) groups is 1. The normalized spacial score (nSPS) is 15.8. The van der Waals surface area contributed by atoms with Crippen molar-refractivity contribution in [3.05, 3.63) is 58.9 Å². The molecule has 1 fully saturated rings. The summed E-state index contributed by atoms with van der Waals surface area (Å²) in [6.07, 6.45) is 3.41. The van der Waals surface area contributed by atoms with Crippen LogP contribution in [0.4, 0.5) is 0 Å². The lowest BCUT2D eigenvalue weighted by atomic mass is 10.0. The quantitative estimate of drug-likeness (QED) is 0.833. The number of benzene rings is 1. The van der Waals surface area contributed by atoms with Gasteiger partial charge in [0.1, 0.15) is 10.9 Å². The first-order valence-corrected chi connectivity index (χ1v) is 8.80. The molecular formula is C19H22ClN3O2. The van der Waals surface area contributed by atoms with Gasteiger partial charge in [-0.2, -0.15) is 0 Å². The Morgan fingerprint density at radius 2 is 2.08 bits per heavy atom. The second kappa shape index (κ2) is 8.32. The largest absolute Gasteiger partial charge is 0.496 e. The zero-order valence-corrected chi connectivity index (χ0v) is 15.0. The van der Waals surface area contributed by atoms with E-state index in [0.717, 1.165) is 38.2 Å². The molecule has 1 amide bonds. The first-order chi connectivity index (χ1) is 12.2. The van der Waals surface area contributed by atoms with Crippen molar-refractivity contribution in [1.29, 1.82) is 0 Å². The van der Waals surface area contributed by atoms with Crippen molar-refractivity contribution in [2.75, 3.05) is 20.2 Å². The number of aromatic nitrogens is 1. The number of likely N-dealkylation sites (tertiary alicyclic amines) is 1. The number of hydrogen-bond acceptors (Lipinski definition) is 4. The van der Waals surface area contributed by atoms with E-state index in [4.69, 9.17) is 16.3 Å². The summed E-state index contributed by atoms with van der Waals surface area (Å²) in [6, 6.07) is 11.6. The zero-order valence-electron chi connectivity index (χ0n) is 14.2. The number of amides is 1. The van der Waals surface area contributed by atoms with E-state index in [1.807, 2.05) is 18.2 Å². The highest BCUT2D eigenvalue weighted by molar-refractivity contribution is 6.29. The minimum atomic E-state index is -0.0903. The van der Waals surface area contributed by atoms with E-state index in [-0.39, 0.29) is 11.9 Å². The van der Waals surface area contributed by atoms with E-state index < -0.39 is 0 Å². The number of nitrogens with one attached hydrogen (secondary N) is 1. The Bertz CT molecular complexity index is 730. The van der Waals surface area contributed by atoms with Gasteiger partial charge in [-0.25, -0.2) is 4.98 Å². The molecule has 0 atom stereocenters. The fourth-order valence-electron chi connectivity index (χ4n) is 3.12. The van der Waals surface area contributed by atoms with Gasteiger partial charge in [0.2, 0.25) is 0 Å². The maximum absolute atomic E-state index is 12.3. The number of para-hydroxylation sites is 1. The number of piperidine rings is 1. The van der Waals surface area contributed by atoms with Gasteiger partial charge in [-0.3, -0.25) is 9.69 Å². The van der Waals surface area contributed by atoms with Crippen LogP contribution in [0.2, 0.25) is 5.15 Å². The molecule has 3 rings (SSSR count). The molecule has 0 saturated carbocycles. The first kappa shape index (κ1) is 17.7. The summed E-state index contributed by atoms with van der Waals surface area (Å²) < 4.78 is 5.42. The predicted octanol–water partition coefficient (Wildman–Crippen LogP) is 3.14. The molecule has 0 unspecified atom stereocenters. The summed E-state index contributed by atoms with van der Waals surface area (Å²) in [5.41, 5.74) is 1.75. The Balaban J connectivity index is 1.51. The molecule has 0 aliphatic carbocycles. The molecule has 0 bridgehead atoms. The first-order valence-electron chi connectivity index (χ1n) is 8.42. The number of rotatable bonds is 5. The number of nitrogens with zero attached hydrogens (tertiary/aromatic N) is 2. The molecule has 2 heterocycles. The predicted molar refractivity (Wildman–Crippen MR) is 98.0 cm³/mol. The topological polar surface area (TPSA) is 54.5 Å². The van der Waals surface area contributed by atoms with Gasteiger partial charge in [-0.1, -0.05) is 29.8 Å². The third kappa shape index (κ3) is 4.71. The van der Waals surface area contributed by atoms with E-state index in [1.54, 1.807) is 25.4 Å². The van der Waals surface area contributed by atoms with Crippen LogP contribution in [0.1, 0.15) is 28.8 Å². The van der Waals surface area contributed by atoms with Crippen molar-refractivity contribution in [3.63, 3.8) is 0 Å². The monoisotopic (exact) mass is 359 g/mol. The molecule has 1 aromatic heterocycles. The average molecular weight is 360 g/mol.